The molecule has 1 aromatic carbocycles. The molecule has 27 heavy (non-hydrogen) atoms. The van der Waals surface area contributed by atoms with E-state index in [0.717, 1.165) is 25.0 Å². The summed E-state index contributed by atoms with van der Waals surface area (Å²) < 4.78 is 16.3. The summed E-state index contributed by atoms with van der Waals surface area (Å²) in [4.78, 5) is 9.06. The average molecular weight is 386 g/mol. The van der Waals surface area contributed by atoms with Crippen LogP contribution in [0.25, 0.3) is 11.3 Å². The lowest BCUT2D eigenvalue weighted by Gasteiger charge is -2.15. The number of thioether (sulfide) groups is 1. The summed E-state index contributed by atoms with van der Waals surface area (Å²) >= 11 is 1.43. The van der Waals surface area contributed by atoms with Crippen molar-refractivity contribution < 1.29 is 14.2 Å². The number of benzene rings is 1. The third kappa shape index (κ3) is 4.26. The number of aromatic nitrogens is 2. The minimum atomic E-state index is 0.147. The molecule has 142 valence electrons. The highest BCUT2D eigenvalue weighted by Crippen LogP contribution is 2.35. The predicted molar refractivity (Wildman–Crippen MR) is 105 cm³/mol. The first-order valence-corrected chi connectivity index (χ1v) is 9.86. The molecule has 1 unspecified atom stereocenters. The van der Waals surface area contributed by atoms with Gasteiger partial charge in [-0.1, -0.05) is 11.8 Å². The van der Waals surface area contributed by atoms with Crippen LogP contribution < -0.4 is 14.8 Å². The minimum Gasteiger partial charge on any atom is -0.493 e. The SMILES string of the molecule is COc1ccc(-c2nc(SC)nc(NCC3CCCO3)c2C#N)cc1OC. The van der Waals surface area contributed by atoms with Crippen LogP contribution in [0, 0.1) is 11.3 Å². The Labute approximate surface area is 163 Å². The number of ether oxygens (including phenoxy) is 3. The fourth-order valence-electron chi connectivity index (χ4n) is 2.97. The molecule has 7 nitrogen and oxygen atoms in total. The van der Waals surface area contributed by atoms with Crippen LogP contribution in [-0.2, 0) is 4.74 Å². The molecule has 2 aromatic rings. The summed E-state index contributed by atoms with van der Waals surface area (Å²) in [7, 11) is 3.16. The molecule has 0 radical (unpaired) electrons. The van der Waals surface area contributed by atoms with E-state index in [2.05, 4.69) is 21.4 Å². The molecule has 2 heterocycles. The quantitative estimate of drug-likeness (QED) is 0.572. The van der Waals surface area contributed by atoms with Gasteiger partial charge in [0.2, 0.25) is 0 Å². The normalized spacial score (nSPS) is 16.0. The second-order valence-corrected chi connectivity index (χ2v) is 6.75. The Morgan fingerprint density at radius 2 is 2.11 bits per heavy atom. The Balaban J connectivity index is 2.01. The van der Waals surface area contributed by atoms with Crippen molar-refractivity contribution in [2.45, 2.75) is 24.1 Å². The molecule has 3 rings (SSSR count). The number of rotatable bonds is 7. The summed E-state index contributed by atoms with van der Waals surface area (Å²) in [5.74, 6) is 1.73. The van der Waals surface area contributed by atoms with E-state index in [-0.39, 0.29) is 6.10 Å². The zero-order valence-corrected chi connectivity index (χ0v) is 16.4. The van der Waals surface area contributed by atoms with Crippen molar-refractivity contribution in [3.8, 4) is 28.8 Å². The highest BCUT2D eigenvalue weighted by Gasteiger charge is 2.20. The van der Waals surface area contributed by atoms with E-state index in [1.54, 1.807) is 20.3 Å². The molecule has 8 heteroatoms. The third-order valence-electron chi connectivity index (χ3n) is 4.36. The van der Waals surface area contributed by atoms with E-state index in [0.29, 0.717) is 40.3 Å². The van der Waals surface area contributed by atoms with Crippen molar-refractivity contribution in [1.82, 2.24) is 9.97 Å². The molecule has 1 aliphatic rings. The number of anilines is 1. The van der Waals surface area contributed by atoms with Crippen LogP contribution >= 0.6 is 11.8 Å². The second kappa shape index (κ2) is 8.93. The Bertz CT molecular complexity index is 848. The molecule has 1 aromatic heterocycles. The van der Waals surface area contributed by atoms with Gasteiger partial charge in [0, 0.05) is 18.7 Å². The lowest BCUT2D eigenvalue weighted by Crippen LogP contribution is -2.20. The first kappa shape index (κ1) is 19.3. The van der Waals surface area contributed by atoms with Gasteiger partial charge < -0.3 is 19.5 Å². The van der Waals surface area contributed by atoms with Crippen molar-refractivity contribution >= 4 is 17.6 Å². The first-order valence-electron chi connectivity index (χ1n) is 8.64. The molecule has 1 atom stereocenters. The van der Waals surface area contributed by atoms with Crippen molar-refractivity contribution in [2.24, 2.45) is 0 Å². The van der Waals surface area contributed by atoms with E-state index in [1.165, 1.54) is 11.8 Å². The van der Waals surface area contributed by atoms with Gasteiger partial charge >= 0.3 is 0 Å². The first-order chi connectivity index (χ1) is 13.2. The van der Waals surface area contributed by atoms with Gasteiger partial charge in [-0.05, 0) is 37.3 Å². The molecule has 0 amide bonds. The number of nitriles is 1. The maximum Gasteiger partial charge on any atom is 0.189 e. The van der Waals surface area contributed by atoms with E-state index < -0.39 is 0 Å². The molecule has 1 fully saturated rings. The van der Waals surface area contributed by atoms with Gasteiger partial charge in [0.25, 0.3) is 0 Å². The van der Waals surface area contributed by atoms with Crippen molar-refractivity contribution in [3.05, 3.63) is 23.8 Å². The summed E-state index contributed by atoms with van der Waals surface area (Å²) in [5, 5.41) is 13.6. The van der Waals surface area contributed by atoms with Crippen molar-refractivity contribution in [3.63, 3.8) is 0 Å². The van der Waals surface area contributed by atoms with Gasteiger partial charge in [-0.2, -0.15) is 5.26 Å². The Morgan fingerprint density at radius 1 is 1.30 bits per heavy atom. The van der Waals surface area contributed by atoms with E-state index in [4.69, 9.17) is 14.2 Å². The van der Waals surface area contributed by atoms with Crippen LogP contribution in [0.15, 0.2) is 23.4 Å². The maximum absolute atomic E-state index is 9.78. The van der Waals surface area contributed by atoms with Crippen molar-refractivity contribution in [1.29, 1.82) is 5.26 Å². The van der Waals surface area contributed by atoms with Crippen LogP contribution in [-0.4, -0.2) is 49.7 Å². The molecule has 0 aliphatic carbocycles. The minimum absolute atomic E-state index is 0.147. The highest BCUT2D eigenvalue weighted by atomic mass is 32.2. The van der Waals surface area contributed by atoms with Crippen molar-refractivity contribution in [2.75, 3.05) is 38.9 Å². The fraction of sp³-hybridized carbons (Fsp3) is 0.421. The highest BCUT2D eigenvalue weighted by molar-refractivity contribution is 7.98. The fourth-order valence-corrected chi connectivity index (χ4v) is 3.34. The zero-order valence-electron chi connectivity index (χ0n) is 15.6. The second-order valence-electron chi connectivity index (χ2n) is 5.98. The molecule has 0 saturated carbocycles. The monoisotopic (exact) mass is 386 g/mol. The number of nitrogens with zero attached hydrogens (tertiary/aromatic N) is 3. The smallest absolute Gasteiger partial charge is 0.189 e. The Morgan fingerprint density at radius 3 is 2.74 bits per heavy atom. The Kier molecular flexibility index (Phi) is 6.37. The lowest BCUT2D eigenvalue weighted by molar-refractivity contribution is 0.120. The topological polar surface area (TPSA) is 89.3 Å². The van der Waals surface area contributed by atoms with Crippen LogP contribution in [0.5, 0.6) is 11.5 Å². The van der Waals surface area contributed by atoms with E-state index >= 15 is 0 Å². The number of hydrogen-bond donors (Lipinski definition) is 1. The number of methoxy groups -OCH3 is 2. The predicted octanol–water partition coefficient (Wildman–Crippen LogP) is 3.35. The number of hydrogen-bond acceptors (Lipinski definition) is 8. The third-order valence-corrected chi connectivity index (χ3v) is 4.91. The van der Waals surface area contributed by atoms with Gasteiger partial charge in [0.15, 0.2) is 16.7 Å². The average Bonchev–Trinajstić information content (AvgIpc) is 3.24. The van der Waals surface area contributed by atoms with Crippen LogP contribution in [0.1, 0.15) is 18.4 Å². The summed E-state index contributed by atoms with van der Waals surface area (Å²) in [5.41, 5.74) is 1.73. The molecule has 1 aliphatic heterocycles. The van der Waals surface area contributed by atoms with Crippen LogP contribution in [0.2, 0.25) is 0 Å². The maximum atomic E-state index is 9.78. The summed E-state index contributed by atoms with van der Waals surface area (Å²) in [6.07, 6.45) is 4.13. The zero-order chi connectivity index (χ0) is 19.2. The molecule has 1 saturated heterocycles. The summed E-state index contributed by atoms with van der Waals surface area (Å²) in [6, 6.07) is 7.72. The largest absolute Gasteiger partial charge is 0.493 e. The van der Waals surface area contributed by atoms with Gasteiger partial charge in [0.1, 0.15) is 17.5 Å². The van der Waals surface area contributed by atoms with Gasteiger partial charge in [-0.3, -0.25) is 0 Å². The lowest BCUT2D eigenvalue weighted by atomic mass is 10.1. The van der Waals surface area contributed by atoms with Gasteiger partial charge in [-0.15, -0.1) is 0 Å². The van der Waals surface area contributed by atoms with Gasteiger partial charge in [0.05, 0.1) is 26.0 Å². The molecular weight excluding hydrogens is 364 g/mol. The molecule has 0 bridgehead atoms. The number of nitrogens with one attached hydrogen (secondary N) is 1. The Hall–Kier alpha value is -2.50. The van der Waals surface area contributed by atoms with Crippen LogP contribution in [0.3, 0.4) is 0 Å². The van der Waals surface area contributed by atoms with E-state index in [1.807, 2.05) is 18.4 Å². The van der Waals surface area contributed by atoms with Gasteiger partial charge in [-0.25, -0.2) is 9.97 Å². The standard InChI is InChI=1S/C19H22N4O3S/c1-24-15-7-6-12(9-16(15)25-2)17-14(10-20)18(23-19(22-17)27-3)21-11-13-5-4-8-26-13/h6-7,9,13H,4-5,8,11H2,1-3H3,(H,21,22,23). The van der Waals surface area contributed by atoms with E-state index in [9.17, 15) is 5.26 Å². The molecule has 0 spiro atoms. The molecular formula is C19H22N4O3S. The summed E-state index contributed by atoms with van der Waals surface area (Å²) in [6.45, 7) is 1.40. The molecule has 1 N–H and O–H groups in total. The van der Waals surface area contributed by atoms with Crippen LogP contribution in [0.4, 0.5) is 5.82 Å².